The van der Waals surface area contributed by atoms with E-state index in [1.165, 1.54) is 11.0 Å². The van der Waals surface area contributed by atoms with Gasteiger partial charge in [-0.1, -0.05) is 13.8 Å². The summed E-state index contributed by atoms with van der Waals surface area (Å²) in [5, 5.41) is 14.5. The fourth-order valence-corrected chi connectivity index (χ4v) is 4.27. The van der Waals surface area contributed by atoms with Crippen LogP contribution in [0.5, 0.6) is 0 Å². The minimum atomic E-state index is -0.391. The summed E-state index contributed by atoms with van der Waals surface area (Å²) in [6, 6.07) is 4.80. The van der Waals surface area contributed by atoms with Crippen molar-refractivity contribution < 1.29 is 19.4 Å². The third kappa shape index (κ3) is 5.90. The van der Waals surface area contributed by atoms with Crippen LogP contribution in [0.1, 0.15) is 43.5 Å². The number of nitrogens with one attached hydrogen (secondary N) is 2. The number of nitro benzene ring substituents is 1. The molecule has 1 amide bonds. The molecule has 2 heterocycles. The lowest BCUT2D eigenvalue weighted by atomic mass is 10.1. The fraction of sp³-hybridized carbons (Fsp3) is 0.667. The van der Waals surface area contributed by atoms with Crippen LogP contribution < -0.4 is 15.1 Å². The standard InChI is InChI=1S/C21H32N4O4/c1-16(2)14-23-10-11-29-18(15-23)13-22-21(26)17-6-7-19(20(12-17)25(27)28)24-8-4-3-5-9-24/h6-7,12,16,18H,3-5,8-11,13-15H2,1-2H3,(H,22,26)/p+1/t18-/m1/s1. The van der Waals surface area contributed by atoms with Crippen LogP contribution in [0.2, 0.25) is 0 Å². The van der Waals surface area contributed by atoms with Crippen molar-refractivity contribution >= 4 is 17.3 Å². The van der Waals surface area contributed by atoms with E-state index < -0.39 is 4.92 Å². The molecule has 2 aliphatic rings. The summed E-state index contributed by atoms with van der Waals surface area (Å²) < 4.78 is 5.79. The molecule has 160 valence electrons. The minimum Gasteiger partial charge on any atom is -0.366 e. The molecular weight excluding hydrogens is 372 g/mol. The van der Waals surface area contributed by atoms with E-state index in [-0.39, 0.29) is 17.7 Å². The smallest absolute Gasteiger partial charge is 0.293 e. The zero-order chi connectivity index (χ0) is 20.8. The van der Waals surface area contributed by atoms with Crippen LogP contribution in [0.3, 0.4) is 0 Å². The first-order valence-electron chi connectivity index (χ1n) is 10.7. The Bertz CT molecular complexity index is 719. The van der Waals surface area contributed by atoms with E-state index in [1.807, 2.05) is 4.90 Å². The van der Waals surface area contributed by atoms with Gasteiger partial charge in [0.1, 0.15) is 24.9 Å². The number of carbonyl (C=O) groups excluding carboxylic acids is 1. The van der Waals surface area contributed by atoms with Gasteiger partial charge in [0.2, 0.25) is 0 Å². The van der Waals surface area contributed by atoms with Crippen molar-refractivity contribution in [2.45, 2.75) is 39.2 Å². The molecule has 1 aromatic rings. The van der Waals surface area contributed by atoms with Crippen LogP contribution in [0.15, 0.2) is 18.2 Å². The van der Waals surface area contributed by atoms with E-state index in [4.69, 9.17) is 4.74 Å². The average Bonchev–Trinajstić information content (AvgIpc) is 2.72. The maximum atomic E-state index is 12.6. The number of hydrogen-bond acceptors (Lipinski definition) is 5. The number of anilines is 1. The Balaban J connectivity index is 1.61. The highest BCUT2D eigenvalue weighted by atomic mass is 16.6. The molecule has 2 aliphatic heterocycles. The van der Waals surface area contributed by atoms with Crippen molar-refractivity contribution in [2.24, 2.45) is 5.92 Å². The monoisotopic (exact) mass is 405 g/mol. The second kappa shape index (κ2) is 10.0. The molecule has 2 saturated heterocycles. The number of piperidine rings is 1. The molecule has 1 unspecified atom stereocenters. The van der Waals surface area contributed by atoms with Crippen molar-refractivity contribution in [3.05, 3.63) is 33.9 Å². The van der Waals surface area contributed by atoms with Crippen LogP contribution in [-0.2, 0) is 4.74 Å². The number of hydrogen-bond donors (Lipinski definition) is 2. The number of carbonyl (C=O) groups is 1. The van der Waals surface area contributed by atoms with Crippen LogP contribution in [0.4, 0.5) is 11.4 Å². The number of nitrogens with zero attached hydrogens (tertiary/aromatic N) is 2. The van der Waals surface area contributed by atoms with Crippen molar-refractivity contribution in [3.63, 3.8) is 0 Å². The maximum absolute atomic E-state index is 12.6. The summed E-state index contributed by atoms with van der Waals surface area (Å²) in [4.78, 5) is 27.3. The van der Waals surface area contributed by atoms with Crippen LogP contribution in [0, 0.1) is 16.0 Å². The first kappa shape index (κ1) is 21.5. The third-order valence-electron chi connectivity index (χ3n) is 5.64. The number of benzene rings is 1. The molecule has 2 N–H and O–H groups in total. The molecule has 2 atom stereocenters. The second-order valence-corrected chi connectivity index (χ2v) is 8.51. The molecule has 0 aliphatic carbocycles. The normalized spacial score (nSPS) is 22.5. The number of rotatable bonds is 7. The average molecular weight is 406 g/mol. The lowest BCUT2D eigenvalue weighted by Gasteiger charge is -2.31. The summed E-state index contributed by atoms with van der Waals surface area (Å²) in [6.45, 7) is 10.1. The zero-order valence-corrected chi connectivity index (χ0v) is 17.5. The van der Waals surface area contributed by atoms with Gasteiger partial charge in [-0.15, -0.1) is 0 Å². The molecule has 29 heavy (non-hydrogen) atoms. The molecule has 8 heteroatoms. The molecule has 2 fully saturated rings. The van der Waals surface area contributed by atoms with E-state index in [1.54, 1.807) is 12.1 Å². The van der Waals surface area contributed by atoms with Crippen LogP contribution in [-0.4, -0.2) is 62.8 Å². The Morgan fingerprint density at radius 1 is 1.34 bits per heavy atom. The molecule has 0 spiro atoms. The van der Waals surface area contributed by atoms with Crippen LogP contribution in [0.25, 0.3) is 0 Å². The van der Waals surface area contributed by atoms with Gasteiger partial charge in [0.05, 0.1) is 18.1 Å². The molecule has 3 rings (SSSR count). The van der Waals surface area contributed by atoms with E-state index >= 15 is 0 Å². The summed E-state index contributed by atoms with van der Waals surface area (Å²) in [5.74, 6) is 0.329. The van der Waals surface area contributed by atoms with Crippen LogP contribution >= 0.6 is 0 Å². The summed E-state index contributed by atoms with van der Waals surface area (Å²) in [7, 11) is 0. The molecule has 0 radical (unpaired) electrons. The highest BCUT2D eigenvalue weighted by molar-refractivity contribution is 5.95. The highest BCUT2D eigenvalue weighted by Crippen LogP contribution is 2.31. The molecule has 0 bridgehead atoms. The van der Waals surface area contributed by atoms with Crippen molar-refractivity contribution in [1.82, 2.24) is 5.32 Å². The van der Waals surface area contributed by atoms with Gasteiger partial charge in [-0.3, -0.25) is 14.9 Å². The first-order chi connectivity index (χ1) is 13.9. The molecule has 1 aromatic carbocycles. The topological polar surface area (TPSA) is 89.2 Å². The van der Waals surface area contributed by atoms with Gasteiger partial charge in [-0.05, 0) is 31.4 Å². The zero-order valence-electron chi connectivity index (χ0n) is 17.5. The number of amides is 1. The lowest BCUT2D eigenvalue weighted by Crippen LogP contribution is -3.15. The number of quaternary nitrogens is 1. The van der Waals surface area contributed by atoms with Gasteiger partial charge < -0.3 is 19.9 Å². The lowest BCUT2D eigenvalue weighted by molar-refractivity contribution is -0.914. The fourth-order valence-electron chi connectivity index (χ4n) is 4.27. The number of morpholine rings is 1. The minimum absolute atomic E-state index is 0.000944. The highest BCUT2D eigenvalue weighted by Gasteiger charge is 2.26. The third-order valence-corrected chi connectivity index (χ3v) is 5.64. The predicted molar refractivity (Wildman–Crippen MR) is 112 cm³/mol. The van der Waals surface area contributed by atoms with Crippen molar-refractivity contribution in [1.29, 1.82) is 0 Å². The largest absolute Gasteiger partial charge is 0.366 e. The molecule has 8 nitrogen and oxygen atoms in total. The Morgan fingerprint density at radius 3 is 2.79 bits per heavy atom. The van der Waals surface area contributed by atoms with E-state index in [9.17, 15) is 14.9 Å². The molecular formula is C21H33N4O4+. The first-order valence-corrected chi connectivity index (χ1v) is 10.7. The Labute approximate surface area is 172 Å². The molecule has 0 saturated carbocycles. The Kier molecular flexibility index (Phi) is 7.44. The Morgan fingerprint density at radius 2 is 2.10 bits per heavy atom. The van der Waals surface area contributed by atoms with Gasteiger partial charge in [0.15, 0.2) is 0 Å². The van der Waals surface area contributed by atoms with Crippen molar-refractivity contribution in [2.75, 3.05) is 50.8 Å². The molecule has 0 aromatic heterocycles. The van der Waals surface area contributed by atoms with Gasteiger partial charge in [-0.25, -0.2) is 0 Å². The number of nitro groups is 1. The maximum Gasteiger partial charge on any atom is 0.293 e. The van der Waals surface area contributed by atoms with Gasteiger partial charge in [0.25, 0.3) is 11.6 Å². The van der Waals surface area contributed by atoms with Gasteiger partial charge in [-0.2, -0.15) is 0 Å². The van der Waals surface area contributed by atoms with E-state index in [0.717, 1.165) is 52.0 Å². The Hall–Kier alpha value is -2.19. The van der Waals surface area contributed by atoms with E-state index in [0.29, 0.717) is 30.3 Å². The van der Waals surface area contributed by atoms with Gasteiger partial charge >= 0.3 is 0 Å². The SMILES string of the molecule is CC(C)C[NH+]1CCO[C@H](CNC(=O)c2ccc(N3CCCCC3)c([N+](=O)[O-])c2)C1. The van der Waals surface area contributed by atoms with Gasteiger partial charge in [0, 0.05) is 37.2 Å². The van der Waals surface area contributed by atoms with E-state index in [2.05, 4.69) is 19.2 Å². The number of ether oxygens (including phenoxy) is 1. The second-order valence-electron chi connectivity index (χ2n) is 8.51. The van der Waals surface area contributed by atoms with Crippen molar-refractivity contribution in [3.8, 4) is 0 Å². The quantitative estimate of drug-likeness (QED) is 0.527. The predicted octanol–water partition coefficient (Wildman–Crippen LogP) is 1.25. The summed E-state index contributed by atoms with van der Waals surface area (Å²) in [6.07, 6.45) is 3.21. The summed E-state index contributed by atoms with van der Waals surface area (Å²) >= 11 is 0. The summed E-state index contributed by atoms with van der Waals surface area (Å²) in [5.41, 5.74) is 0.926.